The van der Waals surface area contributed by atoms with Gasteiger partial charge >= 0.3 is 0 Å². The average molecular weight is 295 g/mol. The maximum atomic E-state index is 9.33. The number of aromatic nitrogens is 2. The Morgan fingerprint density at radius 2 is 1.71 bits per heavy atom. The zero-order valence-electron chi connectivity index (χ0n) is 11.0. The van der Waals surface area contributed by atoms with Crippen LogP contribution in [0.4, 0.5) is 5.82 Å². The minimum atomic E-state index is 0.254. The Hall–Kier alpha value is -2.77. The van der Waals surface area contributed by atoms with Crippen molar-refractivity contribution in [1.82, 2.24) is 9.78 Å². The van der Waals surface area contributed by atoms with Crippen LogP contribution in [-0.2, 0) is 0 Å². The van der Waals surface area contributed by atoms with Gasteiger partial charge in [-0.2, -0.15) is 10.4 Å². The SMILES string of the molecule is N#Cc1nn(-c2ccccc2)c(N)c1-c1ccccc1Cl. The Kier molecular flexibility index (Phi) is 3.35. The van der Waals surface area contributed by atoms with Gasteiger partial charge in [-0.3, -0.25) is 0 Å². The molecule has 2 N–H and O–H groups in total. The number of para-hydroxylation sites is 1. The summed E-state index contributed by atoms with van der Waals surface area (Å²) < 4.78 is 1.55. The summed E-state index contributed by atoms with van der Waals surface area (Å²) in [5.41, 5.74) is 8.52. The first kappa shape index (κ1) is 13.2. The highest BCUT2D eigenvalue weighted by Crippen LogP contribution is 2.35. The van der Waals surface area contributed by atoms with Crippen LogP contribution in [0.1, 0.15) is 5.69 Å². The van der Waals surface area contributed by atoms with Crippen molar-refractivity contribution in [2.75, 3.05) is 5.73 Å². The van der Waals surface area contributed by atoms with E-state index < -0.39 is 0 Å². The molecule has 0 aliphatic heterocycles. The lowest BCUT2D eigenvalue weighted by molar-refractivity contribution is 0.883. The highest BCUT2D eigenvalue weighted by molar-refractivity contribution is 6.33. The molecule has 2 aromatic carbocycles. The van der Waals surface area contributed by atoms with E-state index in [1.165, 1.54) is 0 Å². The number of nitrogen functional groups attached to an aromatic ring is 1. The highest BCUT2D eigenvalue weighted by atomic mass is 35.5. The van der Waals surface area contributed by atoms with Gasteiger partial charge in [-0.15, -0.1) is 0 Å². The molecule has 4 nitrogen and oxygen atoms in total. The minimum absolute atomic E-state index is 0.254. The summed E-state index contributed by atoms with van der Waals surface area (Å²) in [5, 5.41) is 14.2. The van der Waals surface area contributed by atoms with E-state index in [9.17, 15) is 5.26 Å². The normalized spacial score (nSPS) is 10.3. The Morgan fingerprint density at radius 3 is 2.38 bits per heavy atom. The minimum Gasteiger partial charge on any atom is -0.383 e. The third-order valence-electron chi connectivity index (χ3n) is 3.17. The van der Waals surface area contributed by atoms with Crippen LogP contribution in [0.25, 0.3) is 16.8 Å². The van der Waals surface area contributed by atoms with E-state index in [2.05, 4.69) is 11.2 Å². The number of halogens is 1. The number of nitriles is 1. The van der Waals surface area contributed by atoms with Gasteiger partial charge in [0.2, 0.25) is 0 Å². The topological polar surface area (TPSA) is 67.6 Å². The zero-order chi connectivity index (χ0) is 14.8. The number of rotatable bonds is 2. The van der Waals surface area contributed by atoms with Crippen LogP contribution in [0.2, 0.25) is 5.02 Å². The number of nitrogens with two attached hydrogens (primary N) is 1. The molecule has 0 aliphatic carbocycles. The molecule has 0 saturated heterocycles. The first-order valence-electron chi connectivity index (χ1n) is 6.31. The molecule has 0 saturated carbocycles. The average Bonchev–Trinajstić information content (AvgIpc) is 2.85. The zero-order valence-corrected chi connectivity index (χ0v) is 11.7. The largest absolute Gasteiger partial charge is 0.383 e. The van der Waals surface area contributed by atoms with Crippen molar-refractivity contribution in [3.05, 3.63) is 65.3 Å². The summed E-state index contributed by atoms with van der Waals surface area (Å²) in [6, 6.07) is 18.8. The van der Waals surface area contributed by atoms with Crippen LogP contribution in [0.3, 0.4) is 0 Å². The maximum Gasteiger partial charge on any atom is 0.173 e. The molecule has 5 heteroatoms. The van der Waals surface area contributed by atoms with Gasteiger partial charge < -0.3 is 5.73 Å². The fraction of sp³-hybridized carbons (Fsp3) is 0. The van der Waals surface area contributed by atoms with Crippen LogP contribution < -0.4 is 5.73 Å². The van der Waals surface area contributed by atoms with E-state index >= 15 is 0 Å². The predicted molar refractivity (Wildman–Crippen MR) is 83.1 cm³/mol. The summed E-state index contributed by atoms with van der Waals surface area (Å²) in [4.78, 5) is 0. The van der Waals surface area contributed by atoms with Crippen LogP contribution in [0.5, 0.6) is 0 Å². The summed E-state index contributed by atoms with van der Waals surface area (Å²) in [6.45, 7) is 0. The van der Waals surface area contributed by atoms with Crippen LogP contribution in [-0.4, -0.2) is 9.78 Å². The van der Waals surface area contributed by atoms with Gasteiger partial charge in [0.15, 0.2) is 5.69 Å². The molecule has 0 fully saturated rings. The van der Waals surface area contributed by atoms with Crippen molar-refractivity contribution in [3.8, 4) is 22.9 Å². The van der Waals surface area contributed by atoms with Crippen molar-refractivity contribution >= 4 is 17.4 Å². The van der Waals surface area contributed by atoms with Gasteiger partial charge in [-0.1, -0.05) is 48.0 Å². The van der Waals surface area contributed by atoms with Crippen molar-refractivity contribution in [1.29, 1.82) is 5.26 Å². The Bertz CT molecular complexity index is 831. The second-order valence-corrected chi connectivity index (χ2v) is 4.86. The van der Waals surface area contributed by atoms with Gasteiger partial charge in [0.25, 0.3) is 0 Å². The van der Waals surface area contributed by atoms with E-state index in [1.807, 2.05) is 48.5 Å². The van der Waals surface area contributed by atoms with Gasteiger partial charge in [0.1, 0.15) is 11.9 Å². The second-order valence-electron chi connectivity index (χ2n) is 4.45. The molecule has 3 rings (SSSR count). The van der Waals surface area contributed by atoms with E-state index in [0.717, 1.165) is 5.69 Å². The molecule has 1 aromatic heterocycles. The van der Waals surface area contributed by atoms with E-state index in [0.29, 0.717) is 22.0 Å². The number of nitrogens with zero attached hydrogens (tertiary/aromatic N) is 3. The number of hydrogen-bond acceptors (Lipinski definition) is 3. The fourth-order valence-corrected chi connectivity index (χ4v) is 2.44. The molecular weight excluding hydrogens is 284 g/mol. The second kappa shape index (κ2) is 5.31. The third-order valence-corrected chi connectivity index (χ3v) is 3.50. The van der Waals surface area contributed by atoms with Crippen molar-refractivity contribution in [2.45, 2.75) is 0 Å². The Balaban J connectivity index is 2.26. The lowest BCUT2D eigenvalue weighted by Crippen LogP contribution is -2.02. The number of anilines is 1. The first-order chi connectivity index (χ1) is 10.2. The number of hydrogen-bond donors (Lipinski definition) is 1. The van der Waals surface area contributed by atoms with Crippen LogP contribution in [0.15, 0.2) is 54.6 Å². The van der Waals surface area contributed by atoms with Crippen molar-refractivity contribution in [3.63, 3.8) is 0 Å². The molecular formula is C16H11ClN4. The molecule has 3 aromatic rings. The van der Waals surface area contributed by atoms with Gasteiger partial charge in [0, 0.05) is 10.6 Å². The van der Waals surface area contributed by atoms with Crippen molar-refractivity contribution in [2.24, 2.45) is 0 Å². The van der Waals surface area contributed by atoms with Gasteiger partial charge in [-0.05, 0) is 18.2 Å². The number of benzene rings is 2. The molecule has 0 amide bonds. The van der Waals surface area contributed by atoms with E-state index in [-0.39, 0.29) is 5.69 Å². The molecule has 0 bridgehead atoms. The highest BCUT2D eigenvalue weighted by Gasteiger charge is 2.19. The summed E-state index contributed by atoms with van der Waals surface area (Å²) in [5.74, 6) is 0.394. The molecule has 1 heterocycles. The van der Waals surface area contributed by atoms with E-state index in [4.69, 9.17) is 17.3 Å². The standard InChI is InChI=1S/C16H11ClN4/c17-13-9-5-4-8-12(13)15-14(10-18)20-21(16(15)19)11-6-2-1-3-7-11/h1-9H,19H2. The fourth-order valence-electron chi connectivity index (χ4n) is 2.20. The lowest BCUT2D eigenvalue weighted by Gasteiger charge is -2.06. The predicted octanol–water partition coefficient (Wildman–Crippen LogP) is 3.65. The molecule has 0 atom stereocenters. The molecule has 102 valence electrons. The van der Waals surface area contributed by atoms with Crippen molar-refractivity contribution < 1.29 is 0 Å². The Labute approximate surface area is 127 Å². The molecule has 0 spiro atoms. The van der Waals surface area contributed by atoms with Gasteiger partial charge in [-0.25, -0.2) is 4.68 Å². The molecule has 0 aliphatic rings. The summed E-state index contributed by atoms with van der Waals surface area (Å²) in [7, 11) is 0. The quantitative estimate of drug-likeness (QED) is 0.784. The first-order valence-corrected chi connectivity index (χ1v) is 6.69. The maximum absolute atomic E-state index is 9.33. The van der Waals surface area contributed by atoms with E-state index in [1.54, 1.807) is 10.7 Å². The monoisotopic (exact) mass is 294 g/mol. The van der Waals surface area contributed by atoms with Crippen LogP contribution in [0, 0.1) is 11.3 Å². The molecule has 0 radical (unpaired) electrons. The Morgan fingerprint density at radius 1 is 1.05 bits per heavy atom. The molecule has 21 heavy (non-hydrogen) atoms. The summed E-state index contributed by atoms with van der Waals surface area (Å²) in [6.07, 6.45) is 0. The van der Waals surface area contributed by atoms with Gasteiger partial charge in [0.05, 0.1) is 11.3 Å². The smallest absolute Gasteiger partial charge is 0.173 e. The third kappa shape index (κ3) is 2.24. The summed E-state index contributed by atoms with van der Waals surface area (Å²) >= 11 is 6.21. The van der Waals surface area contributed by atoms with Crippen LogP contribution >= 0.6 is 11.6 Å². The molecule has 0 unspecified atom stereocenters. The lowest BCUT2D eigenvalue weighted by atomic mass is 10.1.